The van der Waals surface area contributed by atoms with Crippen LogP contribution >= 0.6 is 0 Å². The second-order valence-corrected chi connectivity index (χ2v) is 11.3. The van der Waals surface area contributed by atoms with Gasteiger partial charge in [-0.3, -0.25) is 4.79 Å². The van der Waals surface area contributed by atoms with Gasteiger partial charge in [-0.1, -0.05) is 121 Å². The third-order valence-corrected chi connectivity index (χ3v) is 10.3. The summed E-state index contributed by atoms with van der Waals surface area (Å²) in [5.74, 6) is -4.00. The van der Waals surface area contributed by atoms with Crippen molar-refractivity contribution in [1.29, 1.82) is 0 Å². The number of benzene rings is 4. The van der Waals surface area contributed by atoms with E-state index >= 15 is 8.78 Å². The molecule has 0 aliphatic rings. The van der Waals surface area contributed by atoms with Gasteiger partial charge >= 0.3 is 5.92 Å². The van der Waals surface area contributed by atoms with Crippen LogP contribution in [0.4, 0.5) is 8.78 Å². The highest BCUT2D eigenvalue weighted by Gasteiger charge is 2.60. The Morgan fingerprint density at radius 1 is 0.625 bits per heavy atom. The van der Waals surface area contributed by atoms with Crippen LogP contribution in [0.3, 0.4) is 0 Å². The molecule has 1 atom stereocenters. The van der Waals surface area contributed by atoms with Gasteiger partial charge in [0.1, 0.15) is 6.10 Å². The van der Waals surface area contributed by atoms with E-state index < -0.39 is 25.5 Å². The van der Waals surface area contributed by atoms with Crippen LogP contribution in [0.2, 0.25) is 0 Å². The summed E-state index contributed by atoms with van der Waals surface area (Å²) in [7, 11) is -3.91. The number of aliphatic hydroxyl groups excluding tert-OH is 1. The monoisotopic (exact) mass is 444 g/mol. The fourth-order valence-corrected chi connectivity index (χ4v) is 8.68. The lowest BCUT2D eigenvalue weighted by Crippen LogP contribution is -2.76. The lowest BCUT2D eigenvalue weighted by molar-refractivity contribution is -0.153. The van der Waals surface area contributed by atoms with E-state index in [9.17, 15) is 9.90 Å². The van der Waals surface area contributed by atoms with E-state index in [4.69, 9.17) is 0 Å². The van der Waals surface area contributed by atoms with Crippen LogP contribution in [0.1, 0.15) is 11.7 Å². The summed E-state index contributed by atoms with van der Waals surface area (Å²) in [6.45, 7) is 0. The average molecular weight is 445 g/mol. The first-order valence-corrected chi connectivity index (χ1v) is 12.3. The highest BCUT2D eigenvalue weighted by atomic mass is 28.3. The summed E-state index contributed by atoms with van der Waals surface area (Å²) in [5.41, 5.74) is 0.00272. The molecular weight excluding hydrogens is 422 g/mol. The summed E-state index contributed by atoms with van der Waals surface area (Å²) in [5, 5.41) is 11.1. The zero-order valence-corrected chi connectivity index (χ0v) is 18.2. The van der Waals surface area contributed by atoms with Crippen LogP contribution in [0.25, 0.3) is 0 Å². The van der Waals surface area contributed by atoms with Crippen molar-refractivity contribution in [2.24, 2.45) is 0 Å². The Morgan fingerprint density at radius 2 is 0.938 bits per heavy atom. The Labute approximate surface area is 186 Å². The molecule has 5 heteroatoms. The molecule has 2 nitrogen and oxygen atoms in total. The molecule has 0 fully saturated rings. The van der Waals surface area contributed by atoms with E-state index in [1.54, 1.807) is 109 Å². The molecule has 160 valence electrons. The minimum absolute atomic E-state index is 0.00272. The Hall–Kier alpha value is -3.41. The first kappa shape index (κ1) is 21.8. The van der Waals surface area contributed by atoms with Crippen LogP contribution in [0, 0.1) is 0 Å². The van der Waals surface area contributed by atoms with E-state index in [1.165, 1.54) is 12.1 Å². The SMILES string of the molecule is O=C(C(F)(F)C(O)c1ccccc1)[Si](c1ccccc1)(c1ccccc1)c1ccccc1. The molecular formula is C27H22F2O2Si. The zero-order chi connectivity index (χ0) is 22.6. The van der Waals surface area contributed by atoms with Crippen molar-refractivity contribution >= 4 is 29.0 Å². The molecule has 32 heavy (non-hydrogen) atoms. The fourth-order valence-electron chi connectivity index (χ4n) is 4.18. The molecule has 0 aliphatic heterocycles. The van der Waals surface area contributed by atoms with Gasteiger partial charge < -0.3 is 5.11 Å². The maximum absolute atomic E-state index is 15.9. The minimum atomic E-state index is -4.00. The van der Waals surface area contributed by atoms with Gasteiger partial charge in [-0.25, -0.2) is 0 Å². The largest absolute Gasteiger partial charge is 0.382 e. The lowest BCUT2D eigenvalue weighted by Gasteiger charge is -2.36. The Bertz CT molecular complexity index is 1070. The third kappa shape index (κ3) is 3.70. The predicted octanol–water partition coefficient (Wildman–Crippen LogP) is 3.63. The van der Waals surface area contributed by atoms with Gasteiger partial charge in [0.15, 0.2) is 5.41 Å². The van der Waals surface area contributed by atoms with E-state index in [0.29, 0.717) is 15.6 Å². The van der Waals surface area contributed by atoms with Crippen molar-refractivity contribution in [3.05, 3.63) is 127 Å². The smallest absolute Gasteiger partial charge is 0.331 e. The van der Waals surface area contributed by atoms with Gasteiger partial charge in [0.05, 0.1) is 0 Å². The molecule has 0 amide bonds. The van der Waals surface area contributed by atoms with Crippen LogP contribution in [-0.2, 0) is 4.79 Å². The van der Waals surface area contributed by atoms with Gasteiger partial charge in [-0.15, -0.1) is 0 Å². The zero-order valence-electron chi connectivity index (χ0n) is 17.2. The second-order valence-electron chi connectivity index (χ2n) is 7.61. The van der Waals surface area contributed by atoms with Gasteiger partial charge in [0.2, 0.25) is 8.07 Å². The van der Waals surface area contributed by atoms with Crippen LogP contribution in [0.5, 0.6) is 0 Å². The molecule has 0 saturated heterocycles. The second kappa shape index (κ2) is 8.98. The molecule has 4 aromatic rings. The summed E-state index contributed by atoms with van der Waals surface area (Å²) in [6.07, 6.45) is -2.25. The van der Waals surface area contributed by atoms with E-state index in [0.717, 1.165) is 0 Å². The Balaban J connectivity index is 2.00. The highest BCUT2D eigenvalue weighted by molar-refractivity contribution is 7.30. The standard InChI is InChI=1S/C27H22F2O2Si/c28-27(29,25(30)21-13-5-1-6-14-21)26(31)32(22-15-7-2-8-16-22,23-17-9-3-10-18-23)24-19-11-4-12-20-24/h1-20,25,30H. The molecule has 0 aromatic heterocycles. The third-order valence-electron chi connectivity index (χ3n) is 5.72. The lowest BCUT2D eigenvalue weighted by atomic mass is 10.0. The number of halogens is 2. The van der Waals surface area contributed by atoms with Gasteiger partial charge in [0.25, 0.3) is 0 Å². The summed E-state index contributed by atoms with van der Waals surface area (Å²) >= 11 is 0. The number of hydrogen-bond donors (Lipinski definition) is 1. The van der Waals surface area contributed by atoms with Gasteiger partial charge in [-0.2, -0.15) is 8.78 Å². The summed E-state index contributed by atoms with van der Waals surface area (Å²) < 4.78 is 31.8. The molecule has 4 rings (SSSR count). The topological polar surface area (TPSA) is 37.3 Å². The fraction of sp³-hybridized carbons (Fsp3) is 0.0741. The molecule has 0 heterocycles. The molecule has 0 bridgehead atoms. The van der Waals surface area contributed by atoms with Gasteiger partial charge in [-0.05, 0) is 21.1 Å². The predicted molar refractivity (Wildman–Crippen MR) is 125 cm³/mol. The van der Waals surface area contributed by atoms with Gasteiger partial charge in [0, 0.05) is 0 Å². The molecule has 1 N–H and O–H groups in total. The van der Waals surface area contributed by atoms with Crippen LogP contribution in [0.15, 0.2) is 121 Å². The van der Waals surface area contributed by atoms with Crippen molar-refractivity contribution < 1.29 is 18.7 Å². The van der Waals surface area contributed by atoms with E-state index in [-0.39, 0.29) is 5.56 Å². The molecule has 0 radical (unpaired) electrons. The quantitative estimate of drug-likeness (QED) is 0.349. The van der Waals surface area contributed by atoms with Crippen molar-refractivity contribution in [3.8, 4) is 0 Å². The highest BCUT2D eigenvalue weighted by Crippen LogP contribution is 2.35. The Morgan fingerprint density at radius 3 is 1.28 bits per heavy atom. The number of hydrogen-bond acceptors (Lipinski definition) is 2. The Kier molecular flexibility index (Phi) is 6.12. The minimum Gasteiger partial charge on any atom is -0.382 e. The summed E-state index contributed by atoms with van der Waals surface area (Å²) in [6, 6.07) is 33.9. The molecule has 0 spiro atoms. The number of carbonyl (C=O) groups excluding carboxylic acids is 1. The van der Waals surface area contributed by atoms with E-state index in [1.807, 2.05) is 0 Å². The van der Waals surface area contributed by atoms with Crippen molar-refractivity contribution in [1.82, 2.24) is 0 Å². The van der Waals surface area contributed by atoms with Crippen LogP contribution in [-0.4, -0.2) is 24.5 Å². The molecule has 4 aromatic carbocycles. The van der Waals surface area contributed by atoms with E-state index in [2.05, 4.69) is 0 Å². The maximum atomic E-state index is 15.9. The van der Waals surface area contributed by atoms with Crippen LogP contribution < -0.4 is 15.6 Å². The normalized spacial score (nSPS) is 12.8. The summed E-state index contributed by atoms with van der Waals surface area (Å²) in [4.78, 5) is 14.1. The van der Waals surface area contributed by atoms with Crippen molar-refractivity contribution in [3.63, 3.8) is 0 Å². The molecule has 0 aliphatic carbocycles. The van der Waals surface area contributed by atoms with Crippen molar-refractivity contribution in [2.45, 2.75) is 12.0 Å². The number of alkyl halides is 2. The first-order valence-electron chi connectivity index (χ1n) is 10.3. The number of rotatable bonds is 7. The number of carbonyl (C=O) groups is 1. The average Bonchev–Trinajstić information content (AvgIpc) is 2.86. The maximum Gasteiger partial charge on any atom is 0.331 e. The number of aliphatic hydroxyl groups is 1. The first-order chi connectivity index (χ1) is 15.5. The molecule has 0 saturated carbocycles. The molecule has 1 unspecified atom stereocenters. The van der Waals surface area contributed by atoms with Crippen molar-refractivity contribution in [2.75, 3.05) is 0 Å².